The maximum atomic E-state index is 11.8. The Morgan fingerprint density at radius 1 is 1.27 bits per heavy atom. The molecule has 1 rings (SSSR count). The van der Waals surface area contributed by atoms with Crippen molar-refractivity contribution in [3.8, 4) is 0 Å². The molecule has 0 aromatic heterocycles. The number of thiol groups is 1. The second kappa shape index (κ2) is 5.21. The molecule has 0 spiro atoms. The highest BCUT2D eigenvalue weighted by Gasteiger charge is 2.38. The van der Waals surface area contributed by atoms with Gasteiger partial charge in [-0.2, -0.15) is 0 Å². The molecule has 0 fully saturated rings. The third kappa shape index (κ3) is 2.17. The Balaban J connectivity index is 3.17. The fourth-order valence-electron chi connectivity index (χ4n) is 1.91. The molecule has 15 heavy (non-hydrogen) atoms. The molecule has 0 aliphatic heterocycles. The van der Waals surface area contributed by atoms with Gasteiger partial charge in [-0.3, -0.25) is 4.79 Å². The molecule has 0 aliphatic carbocycles. The van der Waals surface area contributed by atoms with Crippen LogP contribution in [0.15, 0.2) is 30.3 Å². The fourth-order valence-corrected chi connectivity index (χ4v) is 2.08. The maximum Gasteiger partial charge on any atom is 0.328 e. The highest BCUT2D eigenvalue weighted by atomic mass is 32.1. The summed E-state index contributed by atoms with van der Waals surface area (Å²) in [6, 6.07) is 9.71. The van der Waals surface area contributed by atoms with E-state index in [0.29, 0.717) is 12.8 Å². The molecule has 0 unspecified atom stereocenters. The SMILES string of the molecule is CCC(CC)(C(=O)OS)c1ccccc1. The molecule has 1 aromatic rings. The first-order chi connectivity index (χ1) is 7.21. The van der Waals surface area contributed by atoms with Crippen LogP contribution < -0.4 is 0 Å². The minimum Gasteiger partial charge on any atom is -0.394 e. The zero-order valence-electron chi connectivity index (χ0n) is 9.06. The first-order valence-corrected chi connectivity index (χ1v) is 5.49. The molecule has 0 atom stereocenters. The third-order valence-corrected chi connectivity index (χ3v) is 3.17. The van der Waals surface area contributed by atoms with Gasteiger partial charge in [0.05, 0.1) is 5.41 Å². The van der Waals surface area contributed by atoms with Crippen LogP contribution in [0.5, 0.6) is 0 Å². The van der Waals surface area contributed by atoms with Crippen molar-refractivity contribution in [1.82, 2.24) is 0 Å². The van der Waals surface area contributed by atoms with Gasteiger partial charge in [0.2, 0.25) is 0 Å². The van der Waals surface area contributed by atoms with Crippen LogP contribution in [0.3, 0.4) is 0 Å². The van der Waals surface area contributed by atoms with Crippen molar-refractivity contribution >= 4 is 18.9 Å². The molecular weight excluding hydrogens is 208 g/mol. The molecule has 0 N–H and O–H groups in total. The van der Waals surface area contributed by atoms with Gasteiger partial charge in [0.25, 0.3) is 0 Å². The average Bonchev–Trinajstić information content (AvgIpc) is 2.32. The van der Waals surface area contributed by atoms with E-state index in [4.69, 9.17) is 0 Å². The smallest absolute Gasteiger partial charge is 0.328 e. The summed E-state index contributed by atoms with van der Waals surface area (Å²) < 4.78 is 4.61. The van der Waals surface area contributed by atoms with Gasteiger partial charge < -0.3 is 4.18 Å². The summed E-state index contributed by atoms with van der Waals surface area (Å²) in [6.45, 7) is 3.97. The summed E-state index contributed by atoms with van der Waals surface area (Å²) in [7, 11) is 0. The van der Waals surface area contributed by atoms with Crippen LogP contribution in [0.2, 0.25) is 0 Å². The molecule has 82 valence electrons. The molecule has 0 saturated carbocycles. The van der Waals surface area contributed by atoms with Crippen molar-refractivity contribution < 1.29 is 8.98 Å². The highest BCUT2D eigenvalue weighted by molar-refractivity contribution is 7.75. The topological polar surface area (TPSA) is 26.3 Å². The van der Waals surface area contributed by atoms with E-state index in [2.05, 4.69) is 17.1 Å². The van der Waals surface area contributed by atoms with E-state index >= 15 is 0 Å². The summed E-state index contributed by atoms with van der Waals surface area (Å²) in [5, 5.41) is 0. The van der Waals surface area contributed by atoms with Crippen LogP contribution in [0.25, 0.3) is 0 Å². The second-order valence-electron chi connectivity index (χ2n) is 3.53. The summed E-state index contributed by atoms with van der Waals surface area (Å²) >= 11 is 3.62. The van der Waals surface area contributed by atoms with Crippen molar-refractivity contribution in [2.24, 2.45) is 0 Å². The Kier molecular flexibility index (Phi) is 4.21. The van der Waals surface area contributed by atoms with Crippen molar-refractivity contribution in [1.29, 1.82) is 0 Å². The van der Waals surface area contributed by atoms with Gasteiger partial charge in [-0.1, -0.05) is 44.2 Å². The third-order valence-electron chi connectivity index (χ3n) is 3.01. The van der Waals surface area contributed by atoms with E-state index in [1.54, 1.807) is 0 Å². The predicted molar refractivity (Wildman–Crippen MR) is 63.8 cm³/mol. The lowest BCUT2D eigenvalue weighted by Gasteiger charge is -2.28. The van der Waals surface area contributed by atoms with Crippen LogP contribution in [0.1, 0.15) is 32.3 Å². The van der Waals surface area contributed by atoms with Gasteiger partial charge in [0.1, 0.15) is 0 Å². The highest BCUT2D eigenvalue weighted by Crippen LogP contribution is 2.33. The molecule has 0 aliphatic rings. The minimum atomic E-state index is -0.553. The summed E-state index contributed by atoms with van der Waals surface area (Å²) in [4.78, 5) is 11.8. The summed E-state index contributed by atoms with van der Waals surface area (Å²) in [6.07, 6.45) is 1.43. The van der Waals surface area contributed by atoms with Gasteiger partial charge in [-0.05, 0) is 18.4 Å². The number of carbonyl (C=O) groups excluding carboxylic acids is 1. The van der Waals surface area contributed by atoms with Gasteiger partial charge in [-0.25, -0.2) is 0 Å². The van der Waals surface area contributed by atoms with E-state index in [9.17, 15) is 4.79 Å². The second-order valence-corrected chi connectivity index (χ2v) is 3.72. The van der Waals surface area contributed by atoms with E-state index in [-0.39, 0.29) is 5.97 Å². The Morgan fingerprint density at radius 2 is 1.80 bits per heavy atom. The van der Waals surface area contributed by atoms with Crippen molar-refractivity contribution in [2.45, 2.75) is 32.1 Å². The lowest BCUT2D eigenvalue weighted by molar-refractivity contribution is -0.139. The van der Waals surface area contributed by atoms with Crippen molar-refractivity contribution in [3.63, 3.8) is 0 Å². The quantitative estimate of drug-likeness (QED) is 0.628. The first-order valence-electron chi connectivity index (χ1n) is 5.12. The molecule has 0 heterocycles. The molecule has 0 amide bonds. The molecule has 3 heteroatoms. The summed E-state index contributed by atoms with van der Waals surface area (Å²) in [5.74, 6) is -0.276. The maximum absolute atomic E-state index is 11.8. The molecule has 0 radical (unpaired) electrons. The normalized spacial score (nSPS) is 11.1. The molecule has 2 nitrogen and oxygen atoms in total. The standard InChI is InChI=1S/C12H16O2S/c1-3-12(4-2,11(13)14-15)10-8-6-5-7-9-10/h5-9,15H,3-4H2,1-2H3. The first kappa shape index (κ1) is 12.1. The zero-order chi connectivity index (χ0) is 11.3. The minimum absolute atomic E-state index is 0.276. The largest absolute Gasteiger partial charge is 0.394 e. The van der Waals surface area contributed by atoms with Crippen molar-refractivity contribution in [3.05, 3.63) is 35.9 Å². The van der Waals surface area contributed by atoms with Gasteiger partial charge in [0.15, 0.2) is 0 Å². The van der Waals surface area contributed by atoms with Crippen LogP contribution in [-0.2, 0) is 14.4 Å². The number of hydrogen-bond donors (Lipinski definition) is 1. The van der Waals surface area contributed by atoms with Crippen LogP contribution in [0, 0.1) is 0 Å². The molecule has 0 bridgehead atoms. The number of carbonyl (C=O) groups is 1. The zero-order valence-corrected chi connectivity index (χ0v) is 9.96. The van der Waals surface area contributed by atoms with Crippen molar-refractivity contribution in [2.75, 3.05) is 0 Å². The Morgan fingerprint density at radius 3 is 2.20 bits per heavy atom. The monoisotopic (exact) mass is 224 g/mol. The van der Waals surface area contributed by atoms with E-state index in [1.165, 1.54) is 0 Å². The number of hydrogen-bond acceptors (Lipinski definition) is 3. The van der Waals surface area contributed by atoms with Gasteiger partial charge in [-0.15, -0.1) is 0 Å². The lowest BCUT2D eigenvalue weighted by atomic mass is 9.76. The van der Waals surface area contributed by atoms with Crippen LogP contribution >= 0.6 is 12.9 Å². The Labute approximate surface area is 96.3 Å². The number of benzene rings is 1. The van der Waals surface area contributed by atoms with E-state index in [1.807, 2.05) is 44.2 Å². The average molecular weight is 224 g/mol. The van der Waals surface area contributed by atoms with Gasteiger partial charge >= 0.3 is 5.97 Å². The van der Waals surface area contributed by atoms with Crippen LogP contribution in [0.4, 0.5) is 0 Å². The summed E-state index contributed by atoms with van der Waals surface area (Å²) in [5.41, 5.74) is 0.442. The van der Waals surface area contributed by atoms with Crippen LogP contribution in [-0.4, -0.2) is 5.97 Å². The van der Waals surface area contributed by atoms with E-state index in [0.717, 1.165) is 5.56 Å². The lowest BCUT2D eigenvalue weighted by Crippen LogP contribution is -2.34. The molecule has 1 aromatic carbocycles. The Bertz CT molecular complexity index is 318. The predicted octanol–water partition coefficient (Wildman–Crippen LogP) is 3.13. The number of rotatable bonds is 4. The molecular formula is C12H16O2S. The van der Waals surface area contributed by atoms with E-state index < -0.39 is 5.41 Å². The molecule has 0 saturated heterocycles. The fraction of sp³-hybridized carbons (Fsp3) is 0.417. The Hall–Kier alpha value is -0.960. The van der Waals surface area contributed by atoms with Gasteiger partial charge in [0, 0.05) is 12.9 Å².